The fraction of sp³-hybridized carbons (Fsp3) is 0.125. The first-order valence-electron chi connectivity index (χ1n) is 7.21. The van der Waals surface area contributed by atoms with Crippen molar-refractivity contribution in [3.63, 3.8) is 0 Å². The van der Waals surface area contributed by atoms with Crippen LogP contribution in [0.4, 0.5) is 4.39 Å². The summed E-state index contributed by atoms with van der Waals surface area (Å²) in [6.45, 7) is -0.188. The van der Waals surface area contributed by atoms with Crippen LogP contribution in [0, 0.1) is 5.82 Å². The molecule has 0 atom stereocenters. The Bertz CT molecular complexity index is 928. The Balaban J connectivity index is 1.79. The molecule has 0 aliphatic rings. The van der Waals surface area contributed by atoms with Crippen molar-refractivity contribution in [1.82, 2.24) is 15.3 Å². The Kier molecular flexibility index (Phi) is 5.25. The second kappa shape index (κ2) is 7.58. The number of carbonyl (C=O) groups is 2. The Morgan fingerprint density at radius 1 is 1.24 bits per heavy atom. The number of fused-ring (bicyclic) bond motifs is 1. The summed E-state index contributed by atoms with van der Waals surface area (Å²) >= 11 is 2.73. The van der Waals surface area contributed by atoms with Gasteiger partial charge in [-0.1, -0.05) is 23.9 Å². The van der Waals surface area contributed by atoms with Crippen molar-refractivity contribution >= 4 is 45.1 Å². The fourth-order valence-electron chi connectivity index (χ4n) is 2.06. The number of amides is 2. The van der Waals surface area contributed by atoms with Gasteiger partial charge in [0.05, 0.1) is 22.5 Å². The monoisotopic (exact) mass is 376 g/mol. The zero-order chi connectivity index (χ0) is 17.8. The molecule has 0 bridgehead atoms. The van der Waals surface area contributed by atoms with Crippen molar-refractivity contribution in [2.24, 2.45) is 5.73 Å². The summed E-state index contributed by atoms with van der Waals surface area (Å²) in [5.74, 6) is -1.07. The fourth-order valence-corrected chi connectivity index (χ4v) is 4.09. The number of hydrogen-bond acceptors (Lipinski definition) is 6. The SMILES string of the molecule is NC(=O)CNC(=O)CSc1ncnc2cc(-c3ccc(F)cc3)sc12. The quantitative estimate of drug-likeness (QED) is 0.508. The van der Waals surface area contributed by atoms with Crippen LogP contribution in [0.3, 0.4) is 0 Å². The summed E-state index contributed by atoms with van der Waals surface area (Å²) in [5.41, 5.74) is 6.64. The van der Waals surface area contributed by atoms with Crippen LogP contribution < -0.4 is 11.1 Å². The topological polar surface area (TPSA) is 98.0 Å². The zero-order valence-corrected chi connectivity index (χ0v) is 14.5. The molecule has 0 spiro atoms. The lowest BCUT2D eigenvalue weighted by molar-refractivity contribution is -0.123. The smallest absolute Gasteiger partial charge is 0.236 e. The van der Waals surface area contributed by atoms with Crippen LogP contribution in [0.5, 0.6) is 0 Å². The van der Waals surface area contributed by atoms with E-state index in [2.05, 4.69) is 15.3 Å². The van der Waals surface area contributed by atoms with E-state index in [1.165, 1.54) is 41.6 Å². The van der Waals surface area contributed by atoms with Gasteiger partial charge < -0.3 is 11.1 Å². The third kappa shape index (κ3) is 4.31. The van der Waals surface area contributed by atoms with Crippen molar-refractivity contribution < 1.29 is 14.0 Å². The minimum Gasteiger partial charge on any atom is -0.368 e. The molecule has 128 valence electrons. The molecule has 0 aliphatic carbocycles. The lowest BCUT2D eigenvalue weighted by Crippen LogP contribution is -2.34. The molecule has 2 aromatic heterocycles. The number of nitrogens with one attached hydrogen (secondary N) is 1. The molecule has 25 heavy (non-hydrogen) atoms. The van der Waals surface area contributed by atoms with Crippen LogP contribution in [0.1, 0.15) is 0 Å². The first-order chi connectivity index (χ1) is 12.0. The lowest BCUT2D eigenvalue weighted by Gasteiger charge is -2.03. The molecule has 0 radical (unpaired) electrons. The van der Waals surface area contributed by atoms with Gasteiger partial charge in [0.1, 0.15) is 17.2 Å². The van der Waals surface area contributed by atoms with E-state index in [0.29, 0.717) is 5.03 Å². The van der Waals surface area contributed by atoms with Crippen LogP contribution in [-0.4, -0.2) is 34.1 Å². The second-order valence-electron chi connectivity index (χ2n) is 5.04. The summed E-state index contributed by atoms with van der Waals surface area (Å²) in [7, 11) is 0. The van der Waals surface area contributed by atoms with Crippen molar-refractivity contribution in [1.29, 1.82) is 0 Å². The van der Waals surface area contributed by atoms with Crippen molar-refractivity contribution in [3.8, 4) is 10.4 Å². The molecule has 6 nitrogen and oxygen atoms in total. The molecule has 0 fully saturated rings. The Labute approximate surface area is 150 Å². The number of benzene rings is 1. The van der Waals surface area contributed by atoms with Gasteiger partial charge in [0, 0.05) is 4.88 Å². The maximum absolute atomic E-state index is 13.1. The highest BCUT2D eigenvalue weighted by Gasteiger charge is 2.12. The van der Waals surface area contributed by atoms with E-state index >= 15 is 0 Å². The van der Waals surface area contributed by atoms with E-state index in [1.807, 2.05) is 6.07 Å². The number of thiophene rings is 1. The van der Waals surface area contributed by atoms with Crippen LogP contribution >= 0.6 is 23.1 Å². The number of thioether (sulfide) groups is 1. The standard InChI is InChI=1S/C16H13FN4O2S2/c17-10-3-1-9(2-4-10)12-5-11-15(25-12)16(21-8-20-11)24-7-14(23)19-6-13(18)22/h1-5,8H,6-7H2,(H2,18,22)(H,19,23). The number of aromatic nitrogens is 2. The van der Waals surface area contributed by atoms with Gasteiger partial charge in [-0.3, -0.25) is 9.59 Å². The maximum atomic E-state index is 13.1. The van der Waals surface area contributed by atoms with Crippen LogP contribution in [-0.2, 0) is 9.59 Å². The second-order valence-corrected chi connectivity index (χ2v) is 7.06. The summed E-state index contributed by atoms with van der Waals surface area (Å²) in [4.78, 5) is 31.8. The Morgan fingerprint density at radius 2 is 2.00 bits per heavy atom. The molecule has 0 saturated heterocycles. The molecule has 1 aromatic carbocycles. The number of nitrogens with two attached hydrogens (primary N) is 1. The van der Waals surface area contributed by atoms with Crippen molar-refractivity contribution in [2.45, 2.75) is 5.03 Å². The van der Waals surface area contributed by atoms with E-state index in [1.54, 1.807) is 12.1 Å². The average molecular weight is 376 g/mol. The summed E-state index contributed by atoms with van der Waals surface area (Å²) in [6.07, 6.45) is 1.44. The Hall–Kier alpha value is -2.52. The predicted molar refractivity (Wildman–Crippen MR) is 95.7 cm³/mol. The van der Waals surface area contributed by atoms with Gasteiger partial charge in [-0.15, -0.1) is 11.3 Å². The van der Waals surface area contributed by atoms with Crippen molar-refractivity contribution in [3.05, 3.63) is 42.5 Å². The van der Waals surface area contributed by atoms with Crippen molar-refractivity contribution in [2.75, 3.05) is 12.3 Å². The molecule has 9 heteroatoms. The largest absolute Gasteiger partial charge is 0.368 e. The predicted octanol–water partition coefficient (Wildman–Crippen LogP) is 2.19. The van der Waals surface area contributed by atoms with E-state index in [0.717, 1.165) is 20.7 Å². The zero-order valence-electron chi connectivity index (χ0n) is 12.9. The summed E-state index contributed by atoms with van der Waals surface area (Å²) in [6, 6.07) is 8.13. The molecule has 2 amide bonds. The number of primary amides is 1. The highest BCUT2D eigenvalue weighted by atomic mass is 32.2. The van der Waals surface area contributed by atoms with E-state index in [9.17, 15) is 14.0 Å². The first kappa shape index (κ1) is 17.3. The van der Waals surface area contributed by atoms with Gasteiger partial charge >= 0.3 is 0 Å². The van der Waals surface area contributed by atoms with Crippen LogP contribution in [0.25, 0.3) is 20.7 Å². The third-order valence-corrected chi connectivity index (χ3v) is 5.51. The lowest BCUT2D eigenvalue weighted by atomic mass is 10.2. The third-order valence-electron chi connectivity index (χ3n) is 3.21. The van der Waals surface area contributed by atoms with Gasteiger partial charge in [-0.2, -0.15) is 0 Å². The van der Waals surface area contributed by atoms with Gasteiger partial charge in [0.25, 0.3) is 0 Å². The molecular weight excluding hydrogens is 363 g/mol. The van der Waals surface area contributed by atoms with Crippen LogP contribution in [0.2, 0.25) is 0 Å². The molecule has 2 heterocycles. The van der Waals surface area contributed by atoms with E-state index in [4.69, 9.17) is 5.73 Å². The maximum Gasteiger partial charge on any atom is 0.236 e. The van der Waals surface area contributed by atoms with Gasteiger partial charge in [-0.25, -0.2) is 14.4 Å². The van der Waals surface area contributed by atoms with Gasteiger partial charge in [0.2, 0.25) is 11.8 Å². The number of halogens is 1. The van der Waals surface area contributed by atoms with Gasteiger partial charge in [-0.05, 0) is 23.8 Å². The molecule has 0 unspecified atom stereocenters. The van der Waals surface area contributed by atoms with E-state index < -0.39 is 5.91 Å². The molecule has 3 N–H and O–H groups in total. The number of rotatable bonds is 6. The Morgan fingerprint density at radius 3 is 2.72 bits per heavy atom. The molecule has 3 rings (SSSR count). The summed E-state index contributed by atoms with van der Waals surface area (Å²) in [5, 5.41) is 3.11. The normalized spacial score (nSPS) is 10.8. The number of nitrogens with zero attached hydrogens (tertiary/aromatic N) is 2. The average Bonchev–Trinajstić information content (AvgIpc) is 3.03. The van der Waals surface area contributed by atoms with Crippen LogP contribution in [0.15, 0.2) is 41.7 Å². The number of hydrogen-bond donors (Lipinski definition) is 2. The number of carbonyl (C=O) groups excluding carboxylic acids is 2. The minimum absolute atomic E-state index is 0.114. The minimum atomic E-state index is -0.593. The molecular formula is C16H13FN4O2S2. The van der Waals surface area contributed by atoms with E-state index in [-0.39, 0.29) is 24.0 Å². The highest BCUT2D eigenvalue weighted by molar-refractivity contribution is 8.00. The first-order valence-corrected chi connectivity index (χ1v) is 9.01. The van der Waals surface area contributed by atoms with Gasteiger partial charge in [0.15, 0.2) is 0 Å². The summed E-state index contributed by atoms with van der Waals surface area (Å²) < 4.78 is 13.9. The highest BCUT2D eigenvalue weighted by Crippen LogP contribution is 2.36. The molecule has 3 aromatic rings. The molecule has 0 aliphatic heterocycles. The molecule has 0 saturated carbocycles.